The molecule has 1 saturated heterocycles. The molecule has 1 aliphatic rings. The molecular formula is C33H49BN10O10. The molecule has 4 atom stereocenters. The molecule has 0 aliphatic carbocycles. The molecule has 0 saturated carbocycles. The average molecular weight is 757 g/mol. The zero-order valence-electron chi connectivity index (χ0n) is 30.0. The average Bonchev–Trinajstić information content (AvgIpc) is 3.86. The van der Waals surface area contributed by atoms with Gasteiger partial charge in [-0.2, -0.15) is 0 Å². The summed E-state index contributed by atoms with van der Waals surface area (Å²) < 4.78 is 0. The largest absolute Gasteiger partial charge is 0.480 e. The molecule has 6 amide bonds. The molecule has 12 N–H and O–H groups in total. The standard InChI is InChI=1S/C33H49BN10O10/c1-20(32(50)44-15-5-7-26(44)34(53)54)39-30(48)21-10-12-22(13-11-21)42-43-28(46)9-4-8-27(45)37-14-3-2-6-24(33(51)52)41-31(49)25(40-29(47)17-35)16-23-18-36-19-38-23/h10-13,18-20,24-26,42,53-54H,2-9,14-17,35H2,1H3,(H,36,38)(H,37,45)(H,39,48)(H,40,47)(H,41,49)(H,43,46)(H,51,52)/t20-,24+,25?,26+/m1/s1. The monoisotopic (exact) mass is 756 g/mol. The normalized spacial score (nSPS) is 15.3. The van der Waals surface area contributed by atoms with E-state index in [4.69, 9.17) is 5.73 Å². The molecule has 20 nitrogen and oxygen atoms in total. The lowest BCUT2D eigenvalue weighted by molar-refractivity contribution is -0.142. The van der Waals surface area contributed by atoms with Crippen LogP contribution in [0.3, 0.4) is 0 Å². The number of aliphatic carboxylic acids is 1. The fourth-order valence-electron chi connectivity index (χ4n) is 5.68. The van der Waals surface area contributed by atoms with Crippen LogP contribution in [0.25, 0.3) is 0 Å². The third-order valence-corrected chi connectivity index (χ3v) is 8.61. The number of carboxylic acids is 1. The molecule has 1 unspecified atom stereocenters. The molecule has 54 heavy (non-hydrogen) atoms. The van der Waals surface area contributed by atoms with Crippen LogP contribution in [-0.2, 0) is 35.2 Å². The van der Waals surface area contributed by atoms with Crippen LogP contribution in [0.5, 0.6) is 0 Å². The molecule has 1 aliphatic heterocycles. The number of aromatic nitrogens is 2. The molecule has 0 spiro atoms. The number of carbonyl (C=O) groups is 7. The Morgan fingerprint density at radius 2 is 1.69 bits per heavy atom. The van der Waals surface area contributed by atoms with E-state index in [1.165, 1.54) is 30.3 Å². The van der Waals surface area contributed by atoms with Crippen molar-refractivity contribution in [1.29, 1.82) is 0 Å². The van der Waals surface area contributed by atoms with Crippen molar-refractivity contribution in [3.8, 4) is 0 Å². The summed E-state index contributed by atoms with van der Waals surface area (Å²) in [6, 6.07) is 2.94. The van der Waals surface area contributed by atoms with Gasteiger partial charge in [0.2, 0.25) is 29.5 Å². The van der Waals surface area contributed by atoms with Gasteiger partial charge in [-0.3, -0.25) is 39.6 Å². The quantitative estimate of drug-likeness (QED) is 0.0342. The summed E-state index contributed by atoms with van der Waals surface area (Å²) in [5.74, 6) is -4.80. The van der Waals surface area contributed by atoms with Crippen LogP contribution in [0.4, 0.5) is 5.69 Å². The molecule has 0 bridgehead atoms. The summed E-state index contributed by atoms with van der Waals surface area (Å²) in [5.41, 5.74) is 11.8. The zero-order chi connectivity index (χ0) is 39.6. The maximum atomic E-state index is 12.8. The van der Waals surface area contributed by atoms with Gasteiger partial charge in [0.1, 0.15) is 18.1 Å². The van der Waals surface area contributed by atoms with E-state index in [-0.39, 0.29) is 62.6 Å². The van der Waals surface area contributed by atoms with Gasteiger partial charge in [-0.25, -0.2) is 9.78 Å². The van der Waals surface area contributed by atoms with Gasteiger partial charge in [0.05, 0.1) is 30.2 Å². The van der Waals surface area contributed by atoms with Crippen molar-refractivity contribution in [2.45, 2.75) is 88.8 Å². The van der Waals surface area contributed by atoms with Gasteiger partial charge in [0, 0.05) is 44.1 Å². The first kappa shape index (κ1) is 42.9. The van der Waals surface area contributed by atoms with E-state index < -0.39 is 60.8 Å². The second kappa shape index (κ2) is 21.9. The molecule has 2 aromatic rings. The molecular weight excluding hydrogens is 707 g/mol. The smallest absolute Gasteiger partial charge is 0.475 e. The molecule has 21 heteroatoms. The van der Waals surface area contributed by atoms with E-state index in [0.717, 1.165) is 0 Å². The minimum atomic E-state index is -1.65. The number of hydrogen-bond acceptors (Lipinski definition) is 12. The highest BCUT2D eigenvalue weighted by Gasteiger charge is 2.38. The predicted octanol–water partition coefficient (Wildman–Crippen LogP) is -2.31. The Labute approximate surface area is 311 Å². The van der Waals surface area contributed by atoms with Crippen molar-refractivity contribution in [3.05, 3.63) is 48.0 Å². The summed E-state index contributed by atoms with van der Waals surface area (Å²) in [5, 5.41) is 38.9. The van der Waals surface area contributed by atoms with Crippen molar-refractivity contribution in [2.75, 3.05) is 25.1 Å². The third kappa shape index (κ3) is 14.1. The molecule has 1 fully saturated rings. The maximum absolute atomic E-state index is 12.8. The first-order valence-corrected chi connectivity index (χ1v) is 17.7. The van der Waals surface area contributed by atoms with Crippen LogP contribution in [0.15, 0.2) is 36.8 Å². The minimum absolute atomic E-state index is 0.0284. The molecule has 0 radical (unpaired) electrons. The van der Waals surface area contributed by atoms with E-state index in [9.17, 15) is 48.7 Å². The number of H-pyrrole nitrogens is 1. The Bertz CT molecular complexity index is 1580. The number of aromatic amines is 1. The lowest BCUT2D eigenvalue weighted by Gasteiger charge is -2.27. The van der Waals surface area contributed by atoms with Gasteiger partial charge in [-0.15, -0.1) is 0 Å². The van der Waals surface area contributed by atoms with Crippen molar-refractivity contribution >= 4 is 54.2 Å². The Hall–Kier alpha value is -5.54. The summed E-state index contributed by atoms with van der Waals surface area (Å²) in [6.07, 6.45) is 5.36. The molecule has 3 rings (SSSR count). The van der Waals surface area contributed by atoms with Gasteiger partial charge in [-0.05, 0) is 69.7 Å². The number of anilines is 1. The number of nitrogens with zero attached hydrogens (tertiary/aromatic N) is 2. The van der Waals surface area contributed by atoms with Crippen molar-refractivity contribution < 1.29 is 48.7 Å². The number of carbonyl (C=O) groups excluding carboxylic acids is 6. The van der Waals surface area contributed by atoms with E-state index in [0.29, 0.717) is 43.6 Å². The second-order valence-corrected chi connectivity index (χ2v) is 12.8. The predicted molar refractivity (Wildman–Crippen MR) is 194 cm³/mol. The number of imidazole rings is 1. The Morgan fingerprint density at radius 1 is 0.963 bits per heavy atom. The SMILES string of the molecule is C[C@@H](NC(=O)c1ccc(NNC(=O)CCCC(=O)NCCCC[C@H](NC(=O)C(Cc2c[nH]cn2)NC(=O)CN)C(=O)O)cc1)C(=O)N1CCC[C@H]1B(O)O. The van der Waals surface area contributed by atoms with Crippen LogP contribution >= 0.6 is 0 Å². The van der Waals surface area contributed by atoms with Crippen LogP contribution < -0.4 is 37.9 Å². The second-order valence-electron chi connectivity index (χ2n) is 12.8. The summed E-state index contributed by atoms with van der Waals surface area (Å²) >= 11 is 0. The first-order valence-electron chi connectivity index (χ1n) is 17.7. The topological polar surface area (TPSA) is 310 Å². The van der Waals surface area contributed by atoms with Gasteiger partial charge in [0.15, 0.2) is 0 Å². The number of hydrazine groups is 1. The fourth-order valence-corrected chi connectivity index (χ4v) is 5.68. The molecule has 1 aromatic carbocycles. The number of nitrogens with one attached hydrogen (secondary N) is 7. The lowest BCUT2D eigenvalue weighted by Crippen LogP contribution is -2.53. The van der Waals surface area contributed by atoms with E-state index in [1.807, 2.05) is 0 Å². The van der Waals surface area contributed by atoms with Crippen molar-refractivity contribution in [1.82, 2.24) is 41.6 Å². The summed E-state index contributed by atoms with van der Waals surface area (Å²) in [6.45, 7) is 1.81. The highest BCUT2D eigenvalue weighted by Crippen LogP contribution is 2.19. The number of hydrogen-bond donors (Lipinski definition) is 11. The number of nitrogens with two attached hydrogens (primary N) is 1. The number of likely N-dealkylation sites (tertiary alicyclic amines) is 1. The molecule has 2 heterocycles. The van der Waals surface area contributed by atoms with Gasteiger partial charge in [0.25, 0.3) is 5.91 Å². The fraction of sp³-hybridized carbons (Fsp3) is 0.515. The van der Waals surface area contributed by atoms with E-state index in [2.05, 4.69) is 42.1 Å². The highest BCUT2D eigenvalue weighted by atomic mass is 16.4. The van der Waals surface area contributed by atoms with E-state index in [1.54, 1.807) is 18.3 Å². The number of benzene rings is 1. The van der Waals surface area contributed by atoms with Crippen molar-refractivity contribution in [3.63, 3.8) is 0 Å². The van der Waals surface area contributed by atoms with E-state index >= 15 is 0 Å². The zero-order valence-corrected chi connectivity index (χ0v) is 30.0. The first-order chi connectivity index (χ1) is 25.8. The highest BCUT2D eigenvalue weighted by molar-refractivity contribution is 6.43. The molecule has 294 valence electrons. The number of rotatable bonds is 22. The van der Waals surface area contributed by atoms with Gasteiger partial charge in [-0.1, -0.05) is 0 Å². The van der Waals surface area contributed by atoms with Crippen LogP contribution in [0, 0.1) is 0 Å². The minimum Gasteiger partial charge on any atom is -0.480 e. The number of unbranched alkanes of at least 4 members (excludes halogenated alkanes) is 1. The van der Waals surface area contributed by atoms with Gasteiger partial charge >= 0.3 is 13.1 Å². The Morgan fingerprint density at radius 3 is 2.33 bits per heavy atom. The van der Waals surface area contributed by atoms with Crippen LogP contribution in [-0.4, -0.2) is 122 Å². The van der Waals surface area contributed by atoms with Gasteiger partial charge < -0.3 is 52.0 Å². The third-order valence-electron chi connectivity index (χ3n) is 8.61. The van der Waals surface area contributed by atoms with Crippen LogP contribution in [0.2, 0.25) is 0 Å². The maximum Gasteiger partial charge on any atom is 0.475 e. The molecule has 1 aromatic heterocycles. The summed E-state index contributed by atoms with van der Waals surface area (Å²) in [4.78, 5) is 94.5. The number of carboxylic acid groups (broad SMARTS) is 1. The van der Waals surface area contributed by atoms with Crippen LogP contribution in [0.1, 0.15) is 74.3 Å². The van der Waals surface area contributed by atoms with Crippen molar-refractivity contribution in [2.24, 2.45) is 5.73 Å². The summed E-state index contributed by atoms with van der Waals surface area (Å²) in [7, 11) is -1.65. The lowest BCUT2D eigenvalue weighted by atomic mass is 9.78. The number of amides is 6. The Balaban J connectivity index is 1.29. The Kier molecular flexibility index (Phi) is 17.4.